The Kier molecular flexibility index (Phi) is 4.73. The highest BCUT2D eigenvalue weighted by Crippen LogP contribution is 2.37. The molecule has 2 fully saturated rings. The molecule has 4 heteroatoms. The van der Waals surface area contributed by atoms with Crippen LogP contribution in [0.2, 0.25) is 0 Å². The lowest BCUT2D eigenvalue weighted by Crippen LogP contribution is -2.46. The van der Waals surface area contributed by atoms with Gasteiger partial charge in [0, 0.05) is 12.6 Å². The van der Waals surface area contributed by atoms with E-state index in [1.54, 1.807) is 0 Å². The molecular formula is C16H21Br2NO. The highest BCUT2D eigenvalue weighted by molar-refractivity contribution is 9.11. The topological polar surface area (TPSA) is 23.5 Å². The van der Waals surface area contributed by atoms with E-state index in [0.29, 0.717) is 5.75 Å². The van der Waals surface area contributed by atoms with Crippen LogP contribution in [0.1, 0.15) is 44.1 Å². The van der Waals surface area contributed by atoms with Crippen molar-refractivity contribution in [2.45, 2.75) is 51.1 Å². The second-order valence-electron chi connectivity index (χ2n) is 6.13. The lowest BCUT2D eigenvalue weighted by molar-refractivity contribution is 0.0547. The first-order chi connectivity index (χ1) is 9.65. The first-order valence-electron chi connectivity index (χ1n) is 7.56. The number of likely N-dealkylation sites (tertiary alicyclic amines) is 1. The van der Waals surface area contributed by atoms with Gasteiger partial charge in [-0.1, -0.05) is 12.8 Å². The zero-order chi connectivity index (χ0) is 14.1. The average Bonchev–Trinajstić information content (AvgIpc) is 2.45. The predicted molar refractivity (Wildman–Crippen MR) is 88.9 cm³/mol. The molecule has 1 saturated carbocycles. The van der Waals surface area contributed by atoms with Gasteiger partial charge >= 0.3 is 0 Å². The van der Waals surface area contributed by atoms with E-state index < -0.39 is 0 Å². The lowest BCUT2D eigenvalue weighted by atomic mass is 9.78. The summed E-state index contributed by atoms with van der Waals surface area (Å²) in [6, 6.07) is 4.88. The Morgan fingerprint density at radius 2 is 1.70 bits per heavy atom. The fraction of sp³-hybridized carbons (Fsp3) is 0.625. The molecular weight excluding hydrogens is 382 g/mol. The van der Waals surface area contributed by atoms with Crippen molar-refractivity contribution in [3.05, 3.63) is 26.6 Å². The second kappa shape index (κ2) is 6.37. The van der Waals surface area contributed by atoms with Crippen LogP contribution < -0.4 is 0 Å². The number of halogens is 2. The molecule has 0 bridgehead atoms. The number of rotatable bonds is 2. The minimum Gasteiger partial charge on any atom is -0.506 e. The van der Waals surface area contributed by atoms with E-state index in [9.17, 15) is 5.11 Å². The van der Waals surface area contributed by atoms with Crippen LogP contribution in [-0.4, -0.2) is 22.6 Å². The molecule has 1 heterocycles. The first kappa shape index (κ1) is 14.9. The van der Waals surface area contributed by atoms with Gasteiger partial charge in [-0.05, 0) is 87.7 Å². The molecule has 110 valence electrons. The molecule has 1 aliphatic heterocycles. The molecule has 0 radical (unpaired) electrons. The summed E-state index contributed by atoms with van der Waals surface area (Å²) in [7, 11) is 0. The minimum atomic E-state index is 0.294. The van der Waals surface area contributed by atoms with Crippen LogP contribution in [0.3, 0.4) is 0 Å². The van der Waals surface area contributed by atoms with E-state index in [1.165, 1.54) is 50.6 Å². The van der Waals surface area contributed by atoms with Crippen LogP contribution in [0.15, 0.2) is 21.1 Å². The normalized spacial score (nSPS) is 27.3. The van der Waals surface area contributed by atoms with Crippen LogP contribution in [0.4, 0.5) is 0 Å². The number of phenols is 1. The number of hydrogen-bond donors (Lipinski definition) is 1. The molecule has 2 atom stereocenters. The number of fused-ring (bicyclic) bond motifs is 1. The van der Waals surface area contributed by atoms with Crippen molar-refractivity contribution in [1.29, 1.82) is 0 Å². The van der Waals surface area contributed by atoms with Gasteiger partial charge in [0.15, 0.2) is 0 Å². The zero-order valence-corrected chi connectivity index (χ0v) is 14.8. The van der Waals surface area contributed by atoms with Gasteiger partial charge in [0.05, 0.1) is 8.95 Å². The third-order valence-corrected chi connectivity index (χ3v) is 6.03. The molecule has 2 nitrogen and oxygen atoms in total. The summed E-state index contributed by atoms with van der Waals surface area (Å²) in [6.07, 6.45) is 8.35. The van der Waals surface area contributed by atoms with Crippen molar-refractivity contribution in [3.63, 3.8) is 0 Å². The van der Waals surface area contributed by atoms with Crippen LogP contribution in [0.25, 0.3) is 0 Å². The van der Waals surface area contributed by atoms with Gasteiger partial charge in [-0.15, -0.1) is 0 Å². The molecule has 1 aliphatic carbocycles. The van der Waals surface area contributed by atoms with Gasteiger partial charge in [0.1, 0.15) is 5.75 Å². The van der Waals surface area contributed by atoms with Crippen molar-refractivity contribution in [2.24, 2.45) is 5.92 Å². The summed E-state index contributed by atoms with van der Waals surface area (Å²) >= 11 is 6.86. The lowest BCUT2D eigenvalue weighted by Gasteiger charge is -2.44. The molecule has 1 aromatic carbocycles. The zero-order valence-electron chi connectivity index (χ0n) is 11.6. The number of aromatic hydroxyl groups is 1. The first-order valence-corrected chi connectivity index (χ1v) is 9.14. The van der Waals surface area contributed by atoms with Crippen molar-refractivity contribution < 1.29 is 5.11 Å². The van der Waals surface area contributed by atoms with Crippen LogP contribution in [0, 0.1) is 5.92 Å². The number of phenolic OH excluding ortho intramolecular Hbond substituents is 1. The maximum atomic E-state index is 9.82. The van der Waals surface area contributed by atoms with Crippen LogP contribution in [0.5, 0.6) is 5.75 Å². The number of hydrogen-bond acceptors (Lipinski definition) is 2. The summed E-state index contributed by atoms with van der Waals surface area (Å²) in [4.78, 5) is 2.67. The van der Waals surface area contributed by atoms with Crippen LogP contribution >= 0.6 is 31.9 Å². The van der Waals surface area contributed by atoms with Crippen molar-refractivity contribution in [3.8, 4) is 5.75 Å². The average molecular weight is 403 g/mol. The predicted octanol–water partition coefficient (Wildman–Crippen LogP) is 5.07. The molecule has 3 rings (SSSR count). The van der Waals surface area contributed by atoms with E-state index in [4.69, 9.17) is 0 Å². The third kappa shape index (κ3) is 3.07. The molecule has 0 spiro atoms. The highest BCUT2D eigenvalue weighted by atomic mass is 79.9. The number of benzene rings is 1. The fourth-order valence-electron chi connectivity index (χ4n) is 3.87. The van der Waals surface area contributed by atoms with Crippen molar-refractivity contribution in [2.75, 3.05) is 6.54 Å². The molecule has 1 saturated heterocycles. The van der Waals surface area contributed by atoms with E-state index in [0.717, 1.165) is 27.4 Å². The van der Waals surface area contributed by atoms with Gasteiger partial charge in [-0.25, -0.2) is 0 Å². The van der Waals surface area contributed by atoms with Gasteiger partial charge in [-0.2, -0.15) is 0 Å². The van der Waals surface area contributed by atoms with Crippen molar-refractivity contribution in [1.82, 2.24) is 4.90 Å². The molecule has 2 aliphatic rings. The Bertz CT molecular complexity index is 466. The molecule has 1 aromatic rings. The standard InChI is InChI=1S/C16H21Br2NO/c17-13-8-11(9-14(18)16(13)20)10-19-7-3-5-12-4-1-2-6-15(12)19/h8-9,12,15,20H,1-7,10H2. The maximum Gasteiger partial charge on any atom is 0.143 e. The van der Waals surface area contributed by atoms with Gasteiger partial charge < -0.3 is 5.11 Å². The van der Waals surface area contributed by atoms with Crippen LogP contribution in [-0.2, 0) is 6.54 Å². The largest absolute Gasteiger partial charge is 0.506 e. The number of nitrogens with zero attached hydrogens (tertiary/aromatic N) is 1. The quantitative estimate of drug-likeness (QED) is 0.746. The van der Waals surface area contributed by atoms with Gasteiger partial charge in [0.2, 0.25) is 0 Å². The summed E-state index contributed by atoms with van der Waals surface area (Å²) in [5.41, 5.74) is 1.27. The highest BCUT2D eigenvalue weighted by Gasteiger charge is 2.33. The van der Waals surface area contributed by atoms with Gasteiger partial charge in [-0.3, -0.25) is 4.90 Å². The summed E-state index contributed by atoms with van der Waals surface area (Å²) in [5, 5.41) is 9.82. The SMILES string of the molecule is Oc1c(Br)cc(CN2CCCC3CCCCC32)cc1Br. The summed E-state index contributed by atoms with van der Waals surface area (Å²) in [5.74, 6) is 1.21. The monoisotopic (exact) mass is 401 g/mol. The fourth-order valence-corrected chi connectivity index (χ4v) is 5.15. The Morgan fingerprint density at radius 3 is 2.45 bits per heavy atom. The Labute approximate surface area is 137 Å². The Balaban J connectivity index is 1.76. The van der Waals surface area contributed by atoms with E-state index >= 15 is 0 Å². The van der Waals surface area contributed by atoms with E-state index in [2.05, 4.69) is 36.8 Å². The molecule has 2 unspecified atom stereocenters. The minimum absolute atomic E-state index is 0.294. The van der Waals surface area contributed by atoms with Gasteiger partial charge in [0.25, 0.3) is 0 Å². The summed E-state index contributed by atoms with van der Waals surface area (Å²) < 4.78 is 1.55. The van der Waals surface area contributed by atoms with E-state index in [1.807, 2.05) is 12.1 Å². The molecule has 1 N–H and O–H groups in total. The maximum absolute atomic E-state index is 9.82. The Hall–Kier alpha value is -0.0600. The molecule has 20 heavy (non-hydrogen) atoms. The van der Waals surface area contributed by atoms with Crippen molar-refractivity contribution >= 4 is 31.9 Å². The molecule has 0 aromatic heterocycles. The third-order valence-electron chi connectivity index (χ3n) is 4.82. The summed E-state index contributed by atoms with van der Waals surface area (Å²) in [6.45, 7) is 2.22. The Morgan fingerprint density at radius 1 is 1.05 bits per heavy atom. The number of piperidine rings is 1. The van der Waals surface area contributed by atoms with E-state index in [-0.39, 0.29) is 0 Å². The smallest absolute Gasteiger partial charge is 0.143 e. The second-order valence-corrected chi connectivity index (χ2v) is 7.84. The molecule has 0 amide bonds.